The standard InChI is InChI=1S/C23H28FN5O2.HI/c1-25-23(26-13-10-17-4-9-21(30-2)22(16-17)31-3)27-14-11-19-12-15-29(28-19)20-7-5-18(24)6-8-20;/h4-9,12,15-16H,10-11,13-14H2,1-3H3,(H2,25,26,27);1H. The number of halogens is 2. The Balaban J connectivity index is 0.00000363. The fourth-order valence-electron chi connectivity index (χ4n) is 3.12. The Bertz CT molecular complexity index is 1010. The van der Waals surface area contributed by atoms with Crippen LogP contribution in [-0.4, -0.2) is 50.1 Å². The van der Waals surface area contributed by atoms with E-state index in [9.17, 15) is 4.39 Å². The van der Waals surface area contributed by atoms with E-state index in [0.29, 0.717) is 6.54 Å². The first-order valence-corrected chi connectivity index (χ1v) is 10.1. The highest BCUT2D eigenvalue weighted by atomic mass is 127. The zero-order valence-corrected chi connectivity index (χ0v) is 20.8. The van der Waals surface area contributed by atoms with Gasteiger partial charge in [0.05, 0.1) is 25.6 Å². The summed E-state index contributed by atoms with van der Waals surface area (Å²) in [5, 5.41) is 11.1. The van der Waals surface area contributed by atoms with Gasteiger partial charge in [0.15, 0.2) is 17.5 Å². The molecule has 0 aliphatic rings. The summed E-state index contributed by atoms with van der Waals surface area (Å²) in [4.78, 5) is 4.26. The van der Waals surface area contributed by atoms with Gasteiger partial charge in [-0.25, -0.2) is 9.07 Å². The van der Waals surface area contributed by atoms with Gasteiger partial charge in [-0.3, -0.25) is 4.99 Å². The van der Waals surface area contributed by atoms with Gasteiger partial charge in [-0.1, -0.05) is 6.07 Å². The number of rotatable bonds is 9. The number of benzene rings is 2. The number of nitrogens with zero attached hydrogens (tertiary/aromatic N) is 3. The molecule has 1 heterocycles. The van der Waals surface area contributed by atoms with Crippen molar-refractivity contribution in [2.24, 2.45) is 4.99 Å². The molecule has 2 aromatic carbocycles. The third kappa shape index (κ3) is 7.11. The number of hydrogen-bond acceptors (Lipinski definition) is 4. The van der Waals surface area contributed by atoms with Crippen molar-refractivity contribution in [3.63, 3.8) is 0 Å². The van der Waals surface area contributed by atoms with Crippen molar-refractivity contribution in [2.45, 2.75) is 12.8 Å². The second-order valence-electron chi connectivity index (χ2n) is 6.84. The molecule has 0 saturated heterocycles. The van der Waals surface area contributed by atoms with Crippen molar-refractivity contribution in [1.82, 2.24) is 20.4 Å². The predicted molar refractivity (Wildman–Crippen MR) is 135 cm³/mol. The van der Waals surface area contributed by atoms with Crippen LogP contribution in [-0.2, 0) is 12.8 Å². The second-order valence-corrected chi connectivity index (χ2v) is 6.84. The van der Waals surface area contributed by atoms with Crippen molar-refractivity contribution in [1.29, 1.82) is 0 Å². The molecule has 9 heteroatoms. The van der Waals surface area contributed by atoms with Gasteiger partial charge in [-0.2, -0.15) is 5.10 Å². The molecule has 0 spiro atoms. The van der Waals surface area contributed by atoms with E-state index in [4.69, 9.17) is 9.47 Å². The molecule has 0 fully saturated rings. The Hall–Kier alpha value is -2.82. The molecule has 172 valence electrons. The van der Waals surface area contributed by atoms with Gasteiger partial charge in [0, 0.05) is 32.8 Å². The number of guanidine groups is 1. The van der Waals surface area contributed by atoms with Crippen molar-refractivity contribution >= 4 is 29.9 Å². The molecule has 3 rings (SSSR count). The normalized spacial score (nSPS) is 10.9. The first-order valence-electron chi connectivity index (χ1n) is 10.1. The highest BCUT2D eigenvalue weighted by Crippen LogP contribution is 2.27. The van der Waals surface area contributed by atoms with E-state index in [2.05, 4.69) is 20.7 Å². The van der Waals surface area contributed by atoms with E-state index in [0.717, 1.165) is 53.8 Å². The lowest BCUT2D eigenvalue weighted by Gasteiger charge is -2.12. The van der Waals surface area contributed by atoms with Crippen LogP contribution in [0.25, 0.3) is 5.69 Å². The molecule has 0 aliphatic carbocycles. The molecule has 32 heavy (non-hydrogen) atoms. The van der Waals surface area contributed by atoms with E-state index in [-0.39, 0.29) is 29.8 Å². The summed E-state index contributed by atoms with van der Waals surface area (Å²) in [6.45, 7) is 1.42. The van der Waals surface area contributed by atoms with E-state index in [1.807, 2.05) is 30.5 Å². The Labute approximate surface area is 205 Å². The molecule has 0 aliphatic heterocycles. The highest BCUT2D eigenvalue weighted by molar-refractivity contribution is 14.0. The molecule has 0 atom stereocenters. The molecule has 0 bridgehead atoms. The number of aromatic nitrogens is 2. The molecule has 0 unspecified atom stereocenters. The summed E-state index contributed by atoms with van der Waals surface area (Å²) in [6.07, 6.45) is 3.44. The maximum atomic E-state index is 13.1. The van der Waals surface area contributed by atoms with Crippen LogP contribution in [0.15, 0.2) is 59.7 Å². The lowest BCUT2D eigenvalue weighted by Crippen LogP contribution is -2.39. The van der Waals surface area contributed by atoms with E-state index in [1.165, 1.54) is 12.1 Å². The van der Waals surface area contributed by atoms with E-state index in [1.54, 1.807) is 38.1 Å². The second kappa shape index (κ2) is 12.9. The predicted octanol–water partition coefficient (Wildman–Crippen LogP) is 3.60. The van der Waals surface area contributed by atoms with Gasteiger partial charge in [-0.15, -0.1) is 24.0 Å². The molecular formula is C23H29FIN5O2. The van der Waals surface area contributed by atoms with Crippen LogP contribution in [0.4, 0.5) is 4.39 Å². The first-order chi connectivity index (χ1) is 15.1. The molecular weight excluding hydrogens is 524 g/mol. The Kier molecular flexibility index (Phi) is 10.3. The van der Waals surface area contributed by atoms with Crippen LogP contribution in [0.1, 0.15) is 11.3 Å². The maximum absolute atomic E-state index is 13.1. The Morgan fingerprint density at radius 3 is 2.31 bits per heavy atom. The number of ether oxygens (including phenoxy) is 2. The minimum absolute atomic E-state index is 0. The van der Waals surface area contributed by atoms with Crippen LogP contribution < -0.4 is 20.1 Å². The fourth-order valence-corrected chi connectivity index (χ4v) is 3.12. The van der Waals surface area contributed by atoms with Crippen molar-refractivity contribution in [3.8, 4) is 17.2 Å². The third-order valence-electron chi connectivity index (χ3n) is 4.79. The summed E-state index contributed by atoms with van der Waals surface area (Å²) in [5.74, 6) is 1.92. The molecule has 7 nitrogen and oxygen atoms in total. The Morgan fingerprint density at radius 2 is 1.66 bits per heavy atom. The van der Waals surface area contributed by atoms with Crippen LogP contribution in [0.5, 0.6) is 11.5 Å². The third-order valence-corrected chi connectivity index (χ3v) is 4.79. The number of hydrogen-bond donors (Lipinski definition) is 2. The minimum atomic E-state index is -0.259. The number of nitrogens with one attached hydrogen (secondary N) is 2. The maximum Gasteiger partial charge on any atom is 0.190 e. The van der Waals surface area contributed by atoms with Gasteiger partial charge >= 0.3 is 0 Å². The smallest absolute Gasteiger partial charge is 0.190 e. The monoisotopic (exact) mass is 553 g/mol. The molecule has 2 N–H and O–H groups in total. The zero-order valence-electron chi connectivity index (χ0n) is 18.5. The summed E-state index contributed by atoms with van der Waals surface area (Å²) in [6, 6.07) is 14.1. The SMILES string of the molecule is CN=C(NCCc1ccc(OC)c(OC)c1)NCCc1ccn(-c2ccc(F)cc2)n1.I. The molecule has 3 aromatic rings. The van der Waals surface area contributed by atoms with Crippen LogP contribution in [0.3, 0.4) is 0 Å². The molecule has 0 amide bonds. The van der Waals surface area contributed by atoms with Gasteiger partial charge in [0.2, 0.25) is 0 Å². The highest BCUT2D eigenvalue weighted by Gasteiger charge is 2.06. The van der Waals surface area contributed by atoms with Crippen LogP contribution in [0.2, 0.25) is 0 Å². The largest absolute Gasteiger partial charge is 0.493 e. The summed E-state index contributed by atoms with van der Waals surface area (Å²) in [7, 11) is 5.01. The van der Waals surface area contributed by atoms with Crippen molar-refractivity contribution in [2.75, 3.05) is 34.4 Å². The van der Waals surface area contributed by atoms with Gasteiger partial charge < -0.3 is 20.1 Å². The van der Waals surface area contributed by atoms with Crippen molar-refractivity contribution in [3.05, 3.63) is 71.8 Å². The summed E-state index contributed by atoms with van der Waals surface area (Å²) < 4.78 is 25.4. The quantitative estimate of drug-likeness (QED) is 0.241. The number of methoxy groups -OCH3 is 2. The molecule has 1 aromatic heterocycles. The van der Waals surface area contributed by atoms with Crippen molar-refractivity contribution < 1.29 is 13.9 Å². The molecule has 0 saturated carbocycles. The zero-order chi connectivity index (χ0) is 22.1. The first kappa shape index (κ1) is 25.4. The fraction of sp³-hybridized carbons (Fsp3) is 0.304. The van der Waals surface area contributed by atoms with Crippen LogP contribution >= 0.6 is 24.0 Å². The molecule has 0 radical (unpaired) electrons. The lowest BCUT2D eigenvalue weighted by atomic mass is 10.1. The average Bonchev–Trinajstić information content (AvgIpc) is 3.27. The van der Waals surface area contributed by atoms with Gasteiger partial charge in [-0.05, 0) is 54.4 Å². The Morgan fingerprint density at radius 1 is 0.969 bits per heavy atom. The summed E-state index contributed by atoms with van der Waals surface area (Å²) >= 11 is 0. The van der Waals surface area contributed by atoms with Crippen LogP contribution in [0, 0.1) is 5.82 Å². The van der Waals surface area contributed by atoms with E-state index >= 15 is 0 Å². The summed E-state index contributed by atoms with van der Waals surface area (Å²) in [5.41, 5.74) is 2.91. The van der Waals surface area contributed by atoms with Gasteiger partial charge in [0.1, 0.15) is 5.82 Å². The topological polar surface area (TPSA) is 72.7 Å². The average molecular weight is 553 g/mol. The number of aliphatic imine (C=N–C) groups is 1. The lowest BCUT2D eigenvalue weighted by molar-refractivity contribution is 0.354. The van der Waals surface area contributed by atoms with E-state index < -0.39 is 0 Å². The van der Waals surface area contributed by atoms with Gasteiger partial charge in [0.25, 0.3) is 0 Å². The minimum Gasteiger partial charge on any atom is -0.493 e.